The lowest BCUT2D eigenvalue weighted by Gasteiger charge is -2.37. The lowest BCUT2D eigenvalue weighted by atomic mass is 9.87. The zero-order chi connectivity index (χ0) is 17.8. The predicted octanol–water partition coefficient (Wildman–Crippen LogP) is 1.70. The van der Waals surface area contributed by atoms with Gasteiger partial charge in [0.1, 0.15) is 5.54 Å². The van der Waals surface area contributed by atoms with Crippen molar-refractivity contribution >= 4 is 17.6 Å². The summed E-state index contributed by atoms with van der Waals surface area (Å²) in [5, 5.41) is 0. The van der Waals surface area contributed by atoms with E-state index in [0.29, 0.717) is 13.1 Å². The Morgan fingerprint density at radius 1 is 1.20 bits per heavy atom. The fourth-order valence-electron chi connectivity index (χ4n) is 4.35. The number of primary amides is 1. The van der Waals surface area contributed by atoms with Crippen LogP contribution >= 0.6 is 0 Å². The Bertz CT molecular complexity index is 711. The first kappa shape index (κ1) is 16.4. The summed E-state index contributed by atoms with van der Waals surface area (Å²) in [7, 11) is 4.21. The van der Waals surface area contributed by atoms with Crippen LogP contribution in [0.5, 0.6) is 0 Å². The van der Waals surface area contributed by atoms with Crippen LogP contribution in [-0.4, -0.2) is 54.5 Å². The van der Waals surface area contributed by atoms with E-state index in [-0.39, 0.29) is 11.6 Å². The molecule has 6 nitrogen and oxygen atoms in total. The van der Waals surface area contributed by atoms with Crippen LogP contribution in [0.1, 0.15) is 31.2 Å². The van der Waals surface area contributed by atoms with Gasteiger partial charge in [0.25, 0.3) is 0 Å². The zero-order valence-electron chi connectivity index (χ0n) is 14.9. The average Bonchev–Trinajstić information content (AvgIpc) is 3.36. The van der Waals surface area contributed by atoms with E-state index >= 15 is 0 Å². The summed E-state index contributed by atoms with van der Waals surface area (Å²) in [4.78, 5) is 30.6. The molecule has 2 aliphatic heterocycles. The van der Waals surface area contributed by atoms with Gasteiger partial charge in [-0.25, -0.2) is 4.79 Å². The summed E-state index contributed by atoms with van der Waals surface area (Å²) in [5.74, 6) is -0.441. The highest BCUT2D eigenvalue weighted by atomic mass is 16.2. The fourth-order valence-corrected chi connectivity index (χ4v) is 4.35. The van der Waals surface area contributed by atoms with Crippen molar-refractivity contribution in [3.05, 3.63) is 36.2 Å². The number of hydrogen-bond acceptors (Lipinski definition) is 3. The van der Waals surface area contributed by atoms with Crippen molar-refractivity contribution in [1.82, 2.24) is 9.80 Å². The van der Waals surface area contributed by atoms with E-state index in [2.05, 4.69) is 31.1 Å². The van der Waals surface area contributed by atoms with Crippen molar-refractivity contribution in [2.24, 2.45) is 5.73 Å². The van der Waals surface area contributed by atoms with Gasteiger partial charge in [-0.15, -0.1) is 0 Å². The van der Waals surface area contributed by atoms with Crippen LogP contribution in [0.4, 0.5) is 10.5 Å². The number of hydrogen-bond donors (Lipinski definition) is 1. The molecule has 1 radical (unpaired) electrons. The number of rotatable bonds is 4. The zero-order valence-corrected chi connectivity index (χ0v) is 14.9. The van der Waals surface area contributed by atoms with E-state index in [1.165, 1.54) is 5.56 Å². The highest BCUT2D eigenvalue weighted by Crippen LogP contribution is 2.50. The third-order valence-corrected chi connectivity index (χ3v) is 6.13. The maximum Gasteiger partial charge on any atom is 0.325 e. The maximum atomic E-state index is 12.9. The Kier molecular flexibility index (Phi) is 3.58. The smallest absolute Gasteiger partial charge is 0.325 e. The summed E-state index contributed by atoms with van der Waals surface area (Å²) < 4.78 is 0. The van der Waals surface area contributed by atoms with E-state index in [1.54, 1.807) is 9.80 Å². The van der Waals surface area contributed by atoms with Crippen LogP contribution in [-0.2, 0) is 10.3 Å². The Labute approximate surface area is 148 Å². The lowest BCUT2D eigenvalue weighted by Crippen LogP contribution is -2.59. The van der Waals surface area contributed by atoms with Crippen LogP contribution in [0, 0.1) is 6.42 Å². The van der Waals surface area contributed by atoms with Crippen molar-refractivity contribution in [2.75, 3.05) is 32.1 Å². The number of anilines is 1. The Hall–Kier alpha value is -2.08. The van der Waals surface area contributed by atoms with Crippen LogP contribution in [0.2, 0.25) is 0 Å². The van der Waals surface area contributed by atoms with E-state index in [1.807, 2.05) is 18.6 Å². The second kappa shape index (κ2) is 5.46. The average molecular weight is 341 g/mol. The molecule has 3 amide bonds. The molecule has 1 aliphatic carbocycles. The molecule has 2 heterocycles. The molecular formula is C19H25N4O2. The van der Waals surface area contributed by atoms with Crippen molar-refractivity contribution in [2.45, 2.75) is 36.8 Å². The minimum absolute atomic E-state index is 0.128. The maximum absolute atomic E-state index is 12.9. The van der Waals surface area contributed by atoms with Crippen LogP contribution in [0.15, 0.2) is 24.3 Å². The van der Waals surface area contributed by atoms with E-state index in [4.69, 9.17) is 5.73 Å². The molecule has 0 aromatic heterocycles. The fraction of sp³-hybridized carbons (Fsp3) is 0.526. The number of piperidine rings is 1. The highest BCUT2D eigenvalue weighted by Gasteiger charge is 2.55. The Balaban J connectivity index is 1.62. The number of carbonyl (C=O) groups is 2. The van der Waals surface area contributed by atoms with Gasteiger partial charge < -0.3 is 10.6 Å². The third-order valence-electron chi connectivity index (χ3n) is 6.13. The topological polar surface area (TPSA) is 69.9 Å². The monoisotopic (exact) mass is 341 g/mol. The minimum Gasteiger partial charge on any atom is -0.368 e. The van der Waals surface area contributed by atoms with Gasteiger partial charge in [-0.2, -0.15) is 0 Å². The predicted molar refractivity (Wildman–Crippen MR) is 95.9 cm³/mol. The molecule has 3 aliphatic rings. The Morgan fingerprint density at radius 2 is 1.88 bits per heavy atom. The van der Waals surface area contributed by atoms with Crippen molar-refractivity contribution < 1.29 is 9.59 Å². The molecule has 3 fully saturated rings. The molecule has 6 heteroatoms. The van der Waals surface area contributed by atoms with E-state index < -0.39 is 11.4 Å². The molecule has 1 atom stereocenters. The van der Waals surface area contributed by atoms with E-state index in [9.17, 15) is 9.59 Å². The summed E-state index contributed by atoms with van der Waals surface area (Å²) in [6, 6.07) is 8.06. The number of carbonyl (C=O) groups excluding carboxylic acids is 2. The van der Waals surface area contributed by atoms with Gasteiger partial charge in [0, 0.05) is 17.8 Å². The molecule has 1 aromatic rings. The first-order valence-electron chi connectivity index (χ1n) is 8.92. The van der Waals surface area contributed by atoms with Crippen LogP contribution < -0.4 is 10.6 Å². The molecular weight excluding hydrogens is 316 g/mol. The molecule has 1 saturated carbocycles. The van der Waals surface area contributed by atoms with Gasteiger partial charge in [0.05, 0.1) is 6.54 Å². The van der Waals surface area contributed by atoms with Crippen molar-refractivity contribution in [3.63, 3.8) is 0 Å². The SMILES string of the molecule is CN(C)C1(c2ccc(N3C[C@@]4(C(N)=O)[CH]CCCN4C3=O)cc2)CC1. The van der Waals surface area contributed by atoms with Gasteiger partial charge in [-0.05, 0) is 63.9 Å². The first-order chi connectivity index (χ1) is 11.9. The number of urea groups is 1. The van der Waals surface area contributed by atoms with Gasteiger partial charge in [-0.1, -0.05) is 12.1 Å². The van der Waals surface area contributed by atoms with Gasteiger partial charge >= 0.3 is 6.03 Å². The third kappa shape index (κ3) is 2.27. The standard InChI is InChI=1S/C19H25N4O2/c1-21(2)18(10-11-18)14-5-7-15(8-6-14)22-13-19(16(20)24)9-3-4-12-23(19)17(22)25/h5-9H,3-4,10-13H2,1-2H3,(H2,20,24)/t19-/m1/s1. The summed E-state index contributed by atoms with van der Waals surface area (Å²) >= 11 is 0. The highest BCUT2D eigenvalue weighted by molar-refractivity contribution is 6.03. The summed E-state index contributed by atoms with van der Waals surface area (Å²) in [5.41, 5.74) is 6.96. The molecule has 0 bridgehead atoms. The number of benzene rings is 1. The quantitative estimate of drug-likeness (QED) is 0.906. The molecule has 0 spiro atoms. The number of nitrogens with two attached hydrogens (primary N) is 1. The van der Waals surface area contributed by atoms with Crippen molar-refractivity contribution in [3.8, 4) is 0 Å². The molecule has 133 valence electrons. The number of fused-ring (bicyclic) bond motifs is 1. The molecule has 4 rings (SSSR count). The van der Waals surface area contributed by atoms with Crippen LogP contribution in [0.25, 0.3) is 0 Å². The first-order valence-corrected chi connectivity index (χ1v) is 8.92. The van der Waals surface area contributed by atoms with Crippen LogP contribution in [0.3, 0.4) is 0 Å². The second-order valence-corrected chi connectivity index (χ2v) is 7.63. The second-order valence-electron chi connectivity index (χ2n) is 7.63. The minimum atomic E-state index is -0.963. The molecule has 2 saturated heterocycles. The lowest BCUT2D eigenvalue weighted by molar-refractivity contribution is -0.126. The normalized spacial score (nSPS) is 27.6. The number of nitrogens with zero attached hydrogens (tertiary/aromatic N) is 3. The van der Waals surface area contributed by atoms with E-state index in [0.717, 1.165) is 31.4 Å². The summed E-state index contributed by atoms with van der Waals surface area (Å²) in [6.45, 7) is 0.885. The molecule has 25 heavy (non-hydrogen) atoms. The molecule has 0 unspecified atom stereocenters. The number of amides is 3. The Morgan fingerprint density at radius 3 is 2.40 bits per heavy atom. The molecule has 2 N–H and O–H groups in total. The van der Waals surface area contributed by atoms with Gasteiger partial charge in [-0.3, -0.25) is 14.6 Å². The molecule has 1 aromatic carbocycles. The largest absolute Gasteiger partial charge is 0.368 e. The van der Waals surface area contributed by atoms with Crippen molar-refractivity contribution in [1.29, 1.82) is 0 Å². The van der Waals surface area contributed by atoms with Gasteiger partial charge in [0.2, 0.25) is 5.91 Å². The van der Waals surface area contributed by atoms with Gasteiger partial charge in [0.15, 0.2) is 0 Å². The summed E-state index contributed by atoms with van der Waals surface area (Å²) in [6.07, 6.45) is 5.92.